The number of aryl methyl sites for hydroxylation is 1. The molecule has 0 fully saturated rings. The minimum Gasteiger partial charge on any atom is -0.422 e. The lowest BCUT2D eigenvalue weighted by Crippen LogP contribution is -2.11. The van der Waals surface area contributed by atoms with E-state index in [1.165, 1.54) is 22.9 Å². The fraction of sp³-hybridized carbons (Fsp3) is 0.192. The molecule has 146 valence electrons. The summed E-state index contributed by atoms with van der Waals surface area (Å²) in [7, 11) is 0. The Morgan fingerprint density at radius 2 is 1.55 bits per heavy atom. The van der Waals surface area contributed by atoms with Gasteiger partial charge in [0, 0.05) is 15.8 Å². The Morgan fingerprint density at radius 3 is 2.21 bits per heavy atom. The normalized spacial score (nSPS) is 11.7. The summed E-state index contributed by atoms with van der Waals surface area (Å²) in [5, 5.41) is 0.970. The van der Waals surface area contributed by atoms with Crippen molar-refractivity contribution in [3.63, 3.8) is 0 Å². The molecule has 0 N–H and O–H groups in total. The van der Waals surface area contributed by atoms with Crippen molar-refractivity contribution in [2.75, 3.05) is 0 Å². The Hall–Kier alpha value is -2.78. The molecule has 29 heavy (non-hydrogen) atoms. The van der Waals surface area contributed by atoms with E-state index < -0.39 is 0 Å². The summed E-state index contributed by atoms with van der Waals surface area (Å²) >= 11 is 1.47. The van der Waals surface area contributed by atoms with E-state index in [9.17, 15) is 4.79 Å². The molecule has 1 aromatic heterocycles. The van der Waals surface area contributed by atoms with E-state index in [0.29, 0.717) is 10.5 Å². The summed E-state index contributed by atoms with van der Waals surface area (Å²) < 4.78 is 5.74. The number of benzene rings is 3. The number of hydrogen-bond acceptors (Lipinski definition) is 3. The van der Waals surface area contributed by atoms with Gasteiger partial charge in [-0.2, -0.15) is 0 Å². The van der Waals surface area contributed by atoms with Crippen molar-refractivity contribution < 1.29 is 4.42 Å². The second kappa shape index (κ2) is 7.57. The highest BCUT2D eigenvalue weighted by molar-refractivity contribution is 7.99. The molecule has 0 saturated heterocycles. The number of rotatable bonds is 3. The maximum Gasteiger partial charge on any atom is 0.351 e. The van der Waals surface area contributed by atoms with E-state index in [-0.39, 0.29) is 11.0 Å². The second-order valence-corrected chi connectivity index (χ2v) is 9.42. The van der Waals surface area contributed by atoms with E-state index in [2.05, 4.69) is 58.0 Å². The molecule has 0 aliphatic rings. The van der Waals surface area contributed by atoms with Crippen LogP contribution in [0.1, 0.15) is 31.9 Å². The van der Waals surface area contributed by atoms with Crippen LogP contribution in [0.25, 0.3) is 22.1 Å². The third-order valence-corrected chi connectivity index (χ3v) is 6.12. The molecule has 0 aliphatic heterocycles. The molecular weight excluding hydrogens is 376 g/mol. The predicted octanol–water partition coefficient (Wildman–Crippen LogP) is 7.22. The Labute approximate surface area is 175 Å². The zero-order valence-corrected chi connectivity index (χ0v) is 18.0. The van der Waals surface area contributed by atoms with Crippen molar-refractivity contribution in [3.8, 4) is 11.1 Å². The first-order chi connectivity index (χ1) is 13.8. The van der Waals surface area contributed by atoms with Gasteiger partial charge in [-0.25, -0.2) is 4.79 Å². The van der Waals surface area contributed by atoms with Gasteiger partial charge in [-0.3, -0.25) is 0 Å². The van der Waals surface area contributed by atoms with Gasteiger partial charge in [0.15, 0.2) is 0 Å². The lowest BCUT2D eigenvalue weighted by Gasteiger charge is -2.20. The van der Waals surface area contributed by atoms with Gasteiger partial charge < -0.3 is 4.42 Å². The van der Waals surface area contributed by atoms with Crippen LogP contribution in [0.5, 0.6) is 0 Å². The second-order valence-electron chi connectivity index (χ2n) is 8.34. The van der Waals surface area contributed by atoms with Gasteiger partial charge in [0.05, 0.1) is 0 Å². The summed E-state index contributed by atoms with van der Waals surface area (Å²) in [5.41, 5.74) is 4.68. The number of hydrogen-bond donors (Lipinski definition) is 0. The van der Waals surface area contributed by atoms with Crippen LogP contribution in [-0.2, 0) is 5.41 Å². The van der Waals surface area contributed by atoms with Crippen LogP contribution in [0.2, 0.25) is 0 Å². The highest BCUT2D eigenvalue weighted by Crippen LogP contribution is 2.39. The Bertz CT molecular complexity index is 1210. The van der Waals surface area contributed by atoms with Crippen molar-refractivity contribution in [1.29, 1.82) is 0 Å². The molecule has 3 aromatic carbocycles. The van der Waals surface area contributed by atoms with E-state index in [0.717, 1.165) is 21.4 Å². The highest BCUT2D eigenvalue weighted by Gasteiger charge is 2.20. The fourth-order valence-electron chi connectivity index (χ4n) is 3.36. The summed E-state index contributed by atoms with van der Waals surface area (Å²) in [6.45, 7) is 8.63. The molecule has 0 bridgehead atoms. The van der Waals surface area contributed by atoms with Gasteiger partial charge >= 0.3 is 5.63 Å². The predicted molar refractivity (Wildman–Crippen MR) is 122 cm³/mol. The van der Waals surface area contributed by atoms with Crippen LogP contribution in [-0.4, -0.2) is 0 Å². The number of fused-ring (bicyclic) bond motifs is 1. The van der Waals surface area contributed by atoms with Crippen LogP contribution in [0, 0.1) is 6.92 Å². The van der Waals surface area contributed by atoms with Crippen molar-refractivity contribution in [3.05, 3.63) is 94.3 Å². The van der Waals surface area contributed by atoms with Crippen molar-refractivity contribution >= 4 is 22.7 Å². The molecule has 4 aromatic rings. The first kappa shape index (κ1) is 19.5. The Kier molecular flexibility index (Phi) is 5.10. The Morgan fingerprint density at radius 1 is 0.862 bits per heavy atom. The molecule has 3 heteroatoms. The van der Waals surface area contributed by atoms with Gasteiger partial charge in [0.1, 0.15) is 10.5 Å². The van der Waals surface area contributed by atoms with Crippen LogP contribution < -0.4 is 5.63 Å². The summed E-state index contributed by atoms with van der Waals surface area (Å²) in [6, 6.07) is 24.5. The summed E-state index contributed by atoms with van der Waals surface area (Å²) in [5.74, 6) is 0. The average molecular weight is 401 g/mol. The molecule has 0 aliphatic carbocycles. The first-order valence-corrected chi connectivity index (χ1v) is 10.6. The average Bonchev–Trinajstić information content (AvgIpc) is 2.69. The third-order valence-electron chi connectivity index (χ3n) is 5.03. The Balaban J connectivity index is 2.01. The van der Waals surface area contributed by atoms with Crippen molar-refractivity contribution in [2.45, 2.75) is 42.9 Å². The molecule has 4 rings (SSSR count). The van der Waals surface area contributed by atoms with Crippen LogP contribution in [0.4, 0.5) is 0 Å². The van der Waals surface area contributed by atoms with Crippen molar-refractivity contribution in [2.24, 2.45) is 0 Å². The van der Waals surface area contributed by atoms with Gasteiger partial charge in [-0.1, -0.05) is 86.6 Å². The highest BCUT2D eigenvalue weighted by atomic mass is 32.2. The molecule has 2 nitrogen and oxygen atoms in total. The van der Waals surface area contributed by atoms with Crippen molar-refractivity contribution in [1.82, 2.24) is 0 Å². The minimum atomic E-state index is -0.301. The zero-order chi connectivity index (χ0) is 20.6. The lowest BCUT2D eigenvalue weighted by atomic mass is 9.85. The zero-order valence-electron chi connectivity index (χ0n) is 17.2. The lowest BCUT2D eigenvalue weighted by molar-refractivity contribution is 0.543. The van der Waals surface area contributed by atoms with E-state index in [1.54, 1.807) is 0 Å². The summed E-state index contributed by atoms with van der Waals surface area (Å²) in [6.07, 6.45) is 0. The maximum atomic E-state index is 13.0. The molecule has 0 amide bonds. The van der Waals surface area contributed by atoms with Crippen LogP contribution in [0.3, 0.4) is 0 Å². The van der Waals surface area contributed by atoms with Gasteiger partial charge in [0.2, 0.25) is 0 Å². The monoisotopic (exact) mass is 400 g/mol. The largest absolute Gasteiger partial charge is 0.422 e. The standard InChI is InChI=1S/C26H24O2S/c1-17-10-13-20(14-11-17)29-24-23(18-8-6-5-7-9-18)21-16-19(26(2,3)4)12-15-22(21)28-25(24)27/h5-16H,1-4H3. The van der Waals surface area contributed by atoms with Crippen LogP contribution in [0.15, 0.2) is 91.8 Å². The van der Waals surface area contributed by atoms with E-state index in [4.69, 9.17) is 4.42 Å². The SMILES string of the molecule is Cc1ccc(Sc2c(-c3ccccc3)c3cc(C(C)(C)C)ccc3oc2=O)cc1. The minimum absolute atomic E-state index is 0.00253. The molecule has 0 unspecified atom stereocenters. The summed E-state index contributed by atoms with van der Waals surface area (Å²) in [4.78, 5) is 14.6. The molecular formula is C26H24O2S. The third kappa shape index (κ3) is 4.01. The quantitative estimate of drug-likeness (QED) is 0.340. The van der Waals surface area contributed by atoms with E-state index in [1.807, 2.05) is 42.5 Å². The van der Waals surface area contributed by atoms with E-state index >= 15 is 0 Å². The van der Waals surface area contributed by atoms with Gasteiger partial charge in [0.25, 0.3) is 0 Å². The molecule has 0 spiro atoms. The molecule has 0 atom stereocenters. The molecule has 1 heterocycles. The van der Waals surface area contributed by atoms with Crippen LogP contribution >= 0.6 is 11.8 Å². The molecule has 0 saturated carbocycles. The van der Waals surface area contributed by atoms with Gasteiger partial charge in [-0.05, 0) is 47.7 Å². The molecule has 0 radical (unpaired) electrons. The fourth-order valence-corrected chi connectivity index (χ4v) is 4.32. The van der Waals surface area contributed by atoms with Gasteiger partial charge in [-0.15, -0.1) is 0 Å². The maximum absolute atomic E-state index is 13.0. The topological polar surface area (TPSA) is 30.2 Å². The smallest absolute Gasteiger partial charge is 0.351 e. The first-order valence-electron chi connectivity index (χ1n) is 9.74.